The smallest absolute Gasteiger partial charge is 0.0533 e. The summed E-state index contributed by atoms with van der Waals surface area (Å²) in [4.78, 5) is 2.23. The lowest BCUT2D eigenvalue weighted by Crippen LogP contribution is -2.15. The third kappa shape index (κ3) is 4.64. The Kier molecular flexibility index (Phi) is 6.36. The molecule has 8 aromatic rings. The minimum atomic E-state index is 0.959. The number of para-hydroxylation sites is 1. The van der Waals surface area contributed by atoms with Crippen molar-refractivity contribution in [3.05, 3.63) is 194 Å². The SMILES string of the molecule is C=C1/C=C\C=C/N(c2ccccc2)/C(c2ccc(-c3cc(-c4ccc5ccccc5c4)c4ccc5cccc6ccc3c4c65)cc2)=C\1. The van der Waals surface area contributed by atoms with Gasteiger partial charge in [-0.25, -0.2) is 0 Å². The fraction of sp³-hybridized carbons (Fsp3) is 0. The lowest BCUT2D eigenvalue weighted by atomic mass is 9.85. The summed E-state index contributed by atoms with van der Waals surface area (Å²) in [5.74, 6) is 0. The van der Waals surface area contributed by atoms with Crippen LogP contribution in [0.3, 0.4) is 0 Å². The zero-order valence-electron chi connectivity index (χ0n) is 25.9. The van der Waals surface area contributed by atoms with Gasteiger partial charge in [0, 0.05) is 11.9 Å². The van der Waals surface area contributed by atoms with Gasteiger partial charge in [-0.1, -0.05) is 140 Å². The molecule has 0 saturated carbocycles. The molecule has 0 unspecified atom stereocenters. The molecule has 0 aromatic heterocycles. The highest BCUT2D eigenvalue weighted by Gasteiger charge is 2.18. The molecule has 1 nitrogen and oxygen atoms in total. The van der Waals surface area contributed by atoms with Crippen LogP contribution < -0.4 is 4.90 Å². The zero-order chi connectivity index (χ0) is 31.3. The molecule has 1 aliphatic heterocycles. The van der Waals surface area contributed by atoms with E-state index in [1.54, 1.807) is 0 Å². The van der Waals surface area contributed by atoms with Gasteiger partial charge in [-0.2, -0.15) is 0 Å². The predicted molar refractivity (Wildman–Crippen MR) is 203 cm³/mol. The van der Waals surface area contributed by atoms with E-state index in [1.807, 2.05) is 12.2 Å². The van der Waals surface area contributed by atoms with Crippen molar-refractivity contribution in [1.82, 2.24) is 0 Å². The number of anilines is 1. The van der Waals surface area contributed by atoms with Crippen molar-refractivity contribution >= 4 is 54.5 Å². The second-order valence-electron chi connectivity index (χ2n) is 12.3. The third-order valence-corrected chi connectivity index (χ3v) is 9.47. The fourth-order valence-electron chi connectivity index (χ4n) is 7.21. The molecule has 1 aliphatic rings. The van der Waals surface area contributed by atoms with Crippen molar-refractivity contribution in [1.29, 1.82) is 0 Å². The molecule has 0 fully saturated rings. The second-order valence-corrected chi connectivity index (χ2v) is 12.3. The van der Waals surface area contributed by atoms with Crippen LogP contribution in [0, 0.1) is 0 Å². The number of hydrogen-bond donors (Lipinski definition) is 0. The molecule has 47 heavy (non-hydrogen) atoms. The van der Waals surface area contributed by atoms with E-state index in [9.17, 15) is 0 Å². The molecule has 8 aromatic carbocycles. The van der Waals surface area contributed by atoms with E-state index in [0.29, 0.717) is 0 Å². The van der Waals surface area contributed by atoms with Gasteiger partial charge in [-0.15, -0.1) is 0 Å². The van der Waals surface area contributed by atoms with Gasteiger partial charge in [0.15, 0.2) is 0 Å². The summed E-state index contributed by atoms with van der Waals surface area (Å²) in [6, 6.07) is 53.2. The Morgan fingerprint density at radius 1 is 0.447 bits per heavy atom. The average Bonchev–Trinajstić information content (AvgIpc) is 3.12. The van der Waals surface area contributed by atoms with Crippen LogP contribution in [-0.2, 0) is 0 Å². The van der Waals surface area contributed by atoms with Crippen molar-refractivity contribution < 1.29 is 0 Å². The Morgan fingerprint density at radius 2 is 1.06 bits per heavy atom. The predicted octanol–water partition coefficient (Wildman–Crippen LogP) is 12.6. The minimum Gasteiger partial charge on any atom is -0.317 e. The molecule has 0 saturated heterocycles. The van der Waals surface area contributed by atoms with Crippen LogP contribution in [0.15, 0.2) is 188 Å². The Hall–Kier alpha value is -6.18. The monoisotopic (exact) mass is 597 g/mol. The van der Waals surface area contributed by atoms with E-state index >= 15 is 0 Å². The fourth-order valence-corrected chi connectivity index (χ4v) is 7.21. The molecule has 0 aliphatic carbocycles. The van der Waals surface area contributed by atoms with Gasteiger partial charge in [-0.05, 0) is 113 Å². The zero-order valence-corrected chi connectivity index (χ0v) is 25.9. The van der Waals surface area contributed by atoms with Crippen LogP contribution >= 0.6 is 0 Å². The highest BCUT2D eigenvalue weighted by Crippen LogP contribution is 2.44. The Bertz CT molecular complexity index is 2550. The number of allylic oxidation sites excluding steroid dienone is 5. The summed E-state index contributed by atoms with van der Waals surface area (Å²) in [6.07, 6.45) is 10.4. The normalized spacial score (nSPS) is 16.0. The van der Waals surface area contributed by atoms with Gasteiger partial charge in [0.25, 0.3) is 0 Å². The number of nitrogens with zero attached hydrogens (tertiary/aromatic N) is 1. The summed E-state index contributed by atoms with van der Waals surface area (Å²) >= 11 is 0. The maximum Gasteiger partial charge on any atom is 0.0533 e. The maximum atomic E-state index is 4.29. The van der Waals surface area contributed by atoms with Gasteiger partial charge >= 0.3 is 0 Å². The number of fused-ring (bicyclic) bond motifs is 1. The summed E-state index contributed by atoms with van der Waals surface area (Å²) in [5.41, 5.74) is 9.20. The summed E-state index contributed by atoms with van der Waals surface area (Å²) in [5, 5.41) is 10.3. The largest absolute Gasteiger partial charge is 0.317 e. The molecular weight excluding hydrogens is 567 g/mol. The van der Waals surface area contributed by atoms with Crippen LogP contribution in [0.1, 0.15) is 5.56 Å². The molecule has 0 N–H and O–H groups in total. The van der Waals surface area contributed by atoms with Crippen molar-refractivity contribution in [2.24, 2.45) is 0 Å². The number of rotatable bonds is 4. The van der Waals surface area contributed by atoms with E-state index in [-0.39, 0.29) is 0 Å². The quantitative estimate of drug-likeness (QED) is 0.182. The highest BCUT2D eigenvalue weighted by molar-refractivity contribution is 6.28. The molecule has 0 spiro atoms. The first-order valence-corrected chi connectivity index (χ1v) is 16.1. The first-order valence-electron chi connectivity index (χ1n) is 16.1. The van der Waals surface area contributed by atoms with Crippen molar-refractivity contribution in [3.8, 4) is 22.3 Å². The van der Waals surface area contributed by atoms with Crippen molar-refractivity contribution in [2.45, 2.75) is 0 Å². The lowest BCUT2D eigenvalue weighted by molar-refractivity contribution is 1.28. The molecule has 9 rings (SSSR count). The van der Waals surface area contributed by atoms with Gasteiger partial charge in [0.1, 0.15) is 0 Å². The Labute approximate surface area is 274 Å². The van der Waals surface area contributed by atoms with Crippen LogP contribution in [0.2, 0.25) is 0 Å². The first kappa shape index (κ1) is 27.2. The molecule has 0 amide bonds. The molecule has 1 heterocycles. The maximum absolute atomic E-state index is 4.29. The van der Waals surface area contributed by atoms with Gasteiger partial charge in [0.05, 0.1) is 5.70 Å². The van der Waals surface area contributed by atoms with Crippen molar-refractivity contribution in [3.63, 3.8) is 0 Å². The number of hydrogen-bond acceptors (Lipinski definition) is 1. The van der Waals surface area contributed by atoms with E-state index < -0.39 is 0 Å². The topological polar surface area (TPSA) is 3.24 Å². The van der Waals surface area contributed by atoms with Crippen LogP contribution in [0.5, 0.6) is 0 Å². The lowest BCUT2D eigenvalue weighted by Gasteiger charge is -2.25. The van der Waals surface area contributed by atoms with Crippen LogP contribution in [-0.4, -0.2) is 0 Å². The highest BCUT2D eigenvalue weighted by atomic mass is 15.1. The second kappa shape index (κ2) is 11.0. The van der Waals surface area contributed by atoms with E-state index in [2.05, 4.69) is 175 Å². The summed E-state index contributed by atoms with van der Waals surface area (Å²) in [6.45, 7) is 4.29. The van der Waals surface area contributed by atoms with Gasteiger partial charge in [-0.3, -0.25) is 0 Å². The van der Waals surface area contributed by atoms with E-state index in [1.165, 1.54) is 65.3 Å². The average molecular weight is 598 g/mol. The minimum absolute atomic E-state index is 0.959. The Morgan fingerprint density at radius 3 is 1.83 bits per heavy atom. The molecule has 0 radical (unpaired) electrons. The van der Waals surface area contributed by atoms with E-state index in [0.717, 1.165) is 22.5 Å². The number of benzene rings is 8. The first-order chi connectivity index (χ1) is 23.2. The van der Waals surface area contributed by atoms with Gasteiger partial charge in [0.2, 0.25) is 0 Å². The summed E-state index contributed by atoms with van der Waals surface area (Å²) in [7, 11) is 0. The van der Waals surface area contributed by atoms with Crippen LogP contribution in [0.25, 0.3) is 71.0 Å². The van der Waals surface area contributed by atoms with Crippen molar-refractivity contribution in [2.75, 3.05) is 4.90 Å². The van der Waals surface area contributed by atoms with Gasteiger partial charge < -0.3 is 4.90 Å². The molecule has 220 valence electrons. The van der Waals surface area contributed by atoms with Crippen LogP contribution in [0.4, 0.5) is 5.69 Å². The Balaban J connectivity index is 1.25. The molecule has 0 bridgehead atoms. The third-order valence-electron chi connectivity index (χ3n) is 9.47. The summed E-state index contributed by atoms with van der Waals surface area (Å²) < 4.78 is 0. The molecule has 1 heteroatoms. The van der Waals surface area contributed by atoms with E-state index in [4.69, 9.17) is 0 Å². The molecule has 0 atom stereocenters. The standard InChI is InChI=1S/C46H31N/c1-31-10-7-8-27-47(39-15-3-2-4-16-39)44(28-31)34-20-18-33(19-21-34)42-30-43(38-22-17-32-11-5-6-12-37(32)29-38)41-26-24-36-14-9-13-35-23-25-40(42)46(41)45(35)36/h2-30H,1H2/b10-7-,27-8-,44-28-. The molecular formula is C46H31N.